The maximum Gasteiger partial charge on any atom is 0.355 e. The summed E-state index contributed by atoms with van der Waals surface area (Å²) in [6.07, 6.45) is -1.03. The fourth-order valence-electron chi connectivity index (χ4n) is 3.31. The number of hydrogen-bond acceptors (Lipinski definition) is 5. The molecule has 0 aliphatic rings. The van der Waals surface area contributed by atoms with Crippen LogP contribution in [-0.4, -0.2) is 35.5 Å². The Hall–Kier alpha value is -3.61. The lowest BCUT2D eigenvalue weighted by molar-refractivity contribution is -0.123. The molecule has 7 heteroatoms. The number of nitrogens with one attached hydrogen (secondary N) is 2. The summed E-state index contributed by atoms with van der Waals surface area (Å²) in [4.78, 5) is 40.2. The van der Waals surface area contributed by atoms with Gasteiger partial charge in [-0.15, -0.1) is 0 Å². The highest BCUT2D eigenvalue weighted by molar-refractivity contribution is 6.05. The molecule has 1 heterocycles. The number of carbonyl (C=O) groups excluding carboxylic acids is 3. The zero-order valence-corrected chi connectivity index (χ0v) is 17.4. The second-order valence-electron chi connectivity index (χ2n) is 6.91. The van der Waals surface area contributed by atoms with Crippen molar-refractivity contribution in [2.75, 3.05) is 11.9 Å². The van der Waals surface area contributed by atoms with Crippen LogP contribution in [0.15, 0.2) is 42.5 Å². The Labute approximate surface area is 174 Å². The van der Waals surface area contributed by atoms with E-state index in [1.807, 2.05) is 36.4 Å². The third-order valence-corrected chi connectivity index (χ3v) is 4.82. The van der Waals surface area contributed by atoms with Crippen LogP contribution in [0.2, 0.25) is 0 Å². The molecule has 3 aromatic rings. The standard InChI is InChI=1S/C23H24N2O5/c1-5-29-23(28)20-13(2)19(14(3)24-20)22(27)30-15(4)21(26)25-18-12-8-10-16-9-6-7-11-17(16)18/h6-12,15,24H,5H2,1-4H3,(H,25,26)/t15-/m0/s1. The minimum Gasteiger partial charge on any atom is -0.461 e. The summed E-state index contributed by atoms with van der Waals surface area (Å²) in [5.41, 5.74) is 1.97. The molecule has 3 rings (SSSR count). The number of hydrogen-bond donors (Lipinski definition) is 2. The van der Waals surface area contributed by atoms with Crippen LogP contribution in [0, 0.1) is 13.8 Å². The number of aryl methyl sites for hydroxylation is 1. The van der Waals surface area contributed by atoms with Crippen molar-refractivity contribution in [1.82, 2.24) is 4.98 Å². The minimum atomic E-state index is -1.03. The Bertz CT molecular complexity index is 1110. The van der Waals surface area contributed by atoms with Gasteiger partial charge < -0.3 is 19.8 Å². The zero-order valence-electron chi connectivity index (χ0n) is 17.4. The van der Waals surface area contributed by atoms with Gasteiger partial charge in [0.1, 0.15) is 5.69 Å². The summed E-state index contributed by atoms with van der Waals surface area (Å²) in [7, 11) is 0. The molecule has 0 unspecified atom stereocenters. The highest BCUT2D eigenvalue weighted by atomic mass is 16.5. The molecule has 0 aliphatic heterocycles. The molecule has 1 aromatic heterocycles. The molecule has 0 spiro atoms. The normalized spacial score (nSPS) is 11.7. The van der Waals surface area contributed by atoms with Gasteiger partial charge in [-0.05, 0) is 44.7 Å². The maximum absolute atomic E-state index is 12.7. The van der Waals surface area contributed by atoms with E-state index in [4.69, 9.17) is 9.47 Å². The summed E-state index contributed by atoms with van der Waals surface area (Å²) >= 11 is 0. The Morgan fingerprint density at radius 1 is 1.03 bits per heavy atom. The van der Waals surface area contributed by atoms with E-state index < -0.39 is 23.9 Å². The number of fused-ring (bicyclic) bond motifs is 1. The van der Waals surface area contributed by atoms with Gasteiger partial charge in [0.15, 0.2) is 6.10 Å². The molecule has 2 N–H and O–H groups in total. The largest absolute Gasteiger partial charge is 0.461 e. The predicted molar refractivity (Wildman–Crippen MR) is 114 cm³/mol. The van der Waals surface area contributed by atoms with E-state index in [2.05, 4.69) is 10.3 Å². The molecular formula is C23H24N2O5. The molecule has 7 nitrogen and oxygen atoms in total. The van der Waals surface area contributed by atoms with Crippen molar-refractivity contribution < 1.29 is 23.9 Å². The second kappa shape index (κ2) is 8.82. The zero-order chi connectivity index (χ0) is 21.8. The van der Waals surface area contributed by atoms with Crippen LogP contribution in [0.25, 0.3) is 10.8 Å². The number of ether oxygens (including phenoxy) is 2. The SMILES string of the molecule is CCOC(=O)c1[nH]c(C)c(C(=O)O[C@@H](C)C(=O)Nc2cccc3ccccc23)c1C. The van der Waals surface area contributed by atoms with Crippen LogP contribution in [0.4, 0.5) is 5.69 Å². The van der Waals surface area contributed by atoms with E-state index in [0.29, 0.717) is 16.9 Å². The molecule has 30 heavy (non-hydrogen) atoms. The van der Waals surface area contributed by atoms with E-state index in [1.165, 1.54) is 6.92 Å². The topological polar surface area (TPSA) is 97.5 Å². The molecule has 0 aliphatic carbocycles. The lowest BCUT2D eigenvalue weighted by atomic mass is 10.1. The fourth-order valence-corrected chi connectivity index (χ4v) is 3.31. The second-order valence-corrected chi connectivity index (χ2v) is 6.91. The number of carbonyl (C=O) groups is 3. The van der Waals surface area contributed by atoms with E-state index in [1.54, 1.807) is 26.8 Å². The number of esters is 2. The van der Waals surface area contributed by atoms with Crippen molar-refractivity contribution in [2.24, 2.45) is 0 Å². The van der Waals surface area contributed by atoms with Gasteiger partial charge in [0.05, 0.1) is 12.2 Å². The number of rotatable bonds is 6. The Kier molecular flexibility index (Phi) is 6.20. The minimum absolute atomic E-state index is 0.203. The third-order valence-electron chi connectivity index (χ3n) is 4.82. The van der Waals surface area contributed by atoms with Gasteiger partial charge in [0.25, 0.3) is 5.91 Å². The number of anilines is 1. The Balaban J connectivity index is 1.74. The average Bonchev–Trinajstić information content (AvgIpc) is 3.02. The van der Waals surface area contributed by atoms with Crippen molar-refractivity contribution in [3.63, 3.8) is 0 Å². The summed E-state index contributed by atoms with van der Waals surface area (Å²) in [6.45, 7) is 6.72. The molecular weight excluding hydrogens is 384 g/mol. The van der Waals surface area contributed by atoms with Crippen LogP contribution < -0.4 is 5.32 Å². The van der Waals surface area contributed by atoms with Gasteiger partial charge in [-0.1, -0.05) is 36.4 Å². The summed E-state index contributed by atoms with van der Waals surface area (Å²) in [5.74, 6) is -1.67. The molecule has 0 saturated carbocycles. The van der Waals surface area contributed by atoms with Crippen molar-refractivity contribution in [2.45, 2.75) is 33.8 Å². The van der Waals surface area contributed by atoms with Gasteiger partial charge >= 0.3 is 11.9 Å². The van der Waals surface area contributed by atoms with Gasteiger partial charge in [0.2, 0.25) is 0 Å². The Morgan fingerprint density at radius 3 is 2.47 bits per heavy atom. The number of amides is 1. The maximum atomic E-state index is 12.7. The summed E-state index contributed by atoms with van der Waals surface area (Å²) in [6, 6.07) is 13.3. The molecule has 2 aromatic carbocycles. The lowest BCUT2D eigenvalue weighted by Gasteiger charge is -2.15. The molecule has 0 bridgehead atoms. The third kappa shape index (κ3) is 4.20. The smallest absolute Gasteiger partial charge is 0.355 e. The first kappa shape index (κ1) is 21.1. The highest BCUT2D eigenvalue weighted by Crippen LogP contribution is 2.24. The predicted octanol–water partition coefficient (Wildman–Crippen LogP) is 4.15. The van der Waals surface area contributed by atoms with Crippen LogP contribution in [-0.2, 0) is 14.3 Å². The number of aromatic amines is 1. The quantitative estimate of drug-likeness (QED) is 0.597. The van der Waals surface area contributed by atoms with Gasteiger partial charge in [-0.2, -0.15) is 0 Å². The summed E-state index contributed by atoms with van der Waals surface area (Å²) in [5, 5.41) is 4.70. The fraction of sp³-hybridized carbons (Fsp3) is 0.261. The number of aromatic nitrogens is 1. The highest BCUT2D eigenvalue weighted by Gasteiger charge is 2.26. The van der Waals surface area contributed by atoms with E-state index in [-0.39, 0.29) is 17.9 Å². The van der Waals surface area contributed by atoms with Gasteiger partial charge in [-0.3, -0.25) is 4.79 Å². The van der Waals surface area contributed by atoms with E-state index >= 15 is 0 Å². The van der Waals surface area contributed by atoms with Crippen molar-refractivity contribution in [3.8, 4) is 0 Å². The Morgan fingerprint density at radius 2 is 1.73 bits per heavy atom. The van der Waals surface area contributed by atoms with Crippen molar-refractivity contribution in [1.29, 1.82) is 0 Å². The van der Waals surface area contributed by atoms with Crippen molar-refractivity contribution >= 4 is 34.3 Å². The molecule has 156 valence electrons. The first-order chi connectivity index (χ1) is 14.3. The van der Waals surface area contributed by atoms with Crippen LogP contribution in [0.1, 0.15) is 46.0 Å². The number of H-pyrrole nitrogens is 1. The van der Waals surface area contributed by atoms with E-state index in [0.717, 1.165) is 10.8 Å². The van der Waals surface area contributed by atoms with Crippen LogP contribution in [0.5, 0.6) is 0 Å². The van der Waals surface area contributed by atoms with E-state index in [9.17, 15) is 14.4 Å². The lowest BCUT2D eigenvalue weighted by Crippen LogP contribution is -2.30. The van der Waals surface area contributed by atoms with Gasteiger partial charge in [0, 0.05) is 16.8 Å². The van der Waals surface area contributed by atoms with Crippen molar-refractivity contribution in [3.05, 3.63) is 65.0 Å². The molecule has 1 amide bonds. The first-order valence-electron chi connectivity index (χ1n) is 9.69. The molecule has 0 fully saturated rings. The van der Waals surface area contributed by atoms with Gasteiger partial charge in [-0.25, -0.2) is 9.59 Å². The number of benzene rings is 2. The van der Waals surface area contributed by atoms with Crippen LogP contribution >= 0.6 is 0 Å². The van der Waals surface area contributed by atoms with Crippen LogP contribution in [0.3, 0.4) is 0 Å². The monoisotopic (exact) mass is 408 g/mol. The summed E-state index contributed by atoms with van der Waals surface area (Å²) < 4.78 is 10.4. The average molecular weight is 408 g/mol. The molecule has 1 atom stereocenters. The molecule has 0 saturated heterocycles. The molecule has 0 radical (unpaired) electrons. The first-order valence-corrected chi connectivity index (χ1v) is 9.69.